The number of alkyl halides is 2. The number of benzene rings is 2. The largest absolute Gasteiger partial charge is 0.508 e. The fourth-order valence-corrected chi connectivity index (χ4v) is 5.06. The van der Waals surface area contributed by atoms with Crippen LogP contribution in [0, 0.1) is 5.92 Å². The molecule has 2 aromatic carbocycles. The molecule has 0 radical (unpaired) electrons. The normalized spacial score (nSPS) is 23.5. The zero-order valence-electron chi connectivity index (χ0n) is 19.4. The van der Waals surface area contributed by atoms with Gasteiger partial charge in [-0.15, -0.1) is 0 Å². The van der Waals surface area contributed by atoms with E-state index in [0.29, 0.717) is 19.6 Å². The summed E-state index contributed by atoms with van der Waals surface area (Å²) in [6, 6.07) is 13.2. The van der Waals surface area contributed by atoms with Crippen LogP contribution in [-0.4, -0.2) is 78.3 Å². The lowest BCUT2D eigenvalue weighted by Crippen LogP contribution is -2.54. The summed E-state index contributed by atoms with van der Waals surface area (Å²) in [6.07, 6.45) is 0.696. The summed E-state index contributed by atoms with van der Waals surface area (Å²) < 4.78 is 33.3. The minimum atomic E-state index is -1.73. The van der Waals surface area contributed by atoms with Gasteiger partial charge in [-0.2, -0.15) is 0 Å². The zero-order valence-corrected chi connectivity index (χ0v) is 19.4. The van der Waals surface area contributed by atoms with Gasteiger partial charge in [-0.1, -0.05) is 18.2 Å². The predicted molar refractivity (Wildman–Crippen MR) is 124 cm³/mol. The molecule has 1 saturated heterocycles. The van der Waals surface area contributed by atoms with Crippen molar-refractivity contribution in [2.75, 3.05) is 52.6 Å². The second kappa shape index (κ2) is 9.57. The summed E-state index contributed by atoms with van der Waals surface area (Å²) in [5, 5.41) is 19.5. The number of hydrogen-bond donors (Lipinski definition) is 2. The third-order valence-electron chi connectivity index (χ3n) is 7.09. The lowest BCUT2D eigenvalue weighted by molar-refractivity contribution is 0.0102. The molecule has 180 valence electrons. The summed E-state index contributed by atoms with van der Waals surface area (Å²) in [5.41, 5.74) is 0.704. The van der Waals surface area contributed by atoms with Crippen LogP contribution >= 0.6 is 0 Å². The van der Waals surface area contributed by atoms with Crippen molar-refractivity contribution in [1.82, 2.24) is 9.80 Å². The molecule has 2 heterocycles. The Morgan fingerprint density at radius 3 is 2.58 bits per heavy atom. The Morgan fingerprint density at radius 1 is 1.18 bits per heavy atom. The number of aliphatic hydroxyl groups is 1. The van der Waals surface area contributed by atoms with Crippen molar-refractivity contribution < 1.29 is 23.7 Å². The molecule has 0 bridgehead atoms. The first-order valence-corrected chi connectivity index (χ1v) is 11.6. The van der Waals surface area contributed by atoms with Gasteiger partial charge >= 0.3 is 0 Å². The van der Waals surface area contributed by atoms with Gasteiger partial charge in [-0.05, 0) is 61.2 Å². The number of ether oxygens (including phenoxy) is 1. The third kappa shape index (κ3) is 5.00. The lowest BCUT2D eigenvalue weighted by Gasteiger charge is -2.48. The second-order valence-corrected chi connectivity index (χ2v) is 9.81. The number of hydrogen-bond acceptors (Lipinski definition) is 5. The van der Waals surface area contributed by atoms with Gasteiger partial charge in [-0.25, -0.2) is 4.39 Å². The number of fused-ring (bicyclic) bond motifs is 1. The summed E-state index contributed by atoms with van der Waals surface area (Å²) in [6.45, 7) is 6.30. The molecule has 2 aliphatic heterocycles. The number of halogens is 2. The highest BCUT2D eigenvalue weighted by atomic mass is 19.1. The molecule has 5 nitrogen and oxygen atoms in total. The van der Waals surface area contributed by atoms with E-state index in [1.165, 1.54) is 6.92 Å². The van der Waals surface area contributed by atoms with Gasteiger partial charge < -0.3 is 14.9 Å². The first-order chi connectivity index (χ1) is 15.7. The van der Waals surface area contributed by atoms with Crippen LogP contribution in [0.4, 0.5) is 8.78 Å². The van der Waals surface area contributed by atoms with Gasteiger partial charge in [0.25, 0.3) is 0 Å². The molecule has 0 aliphatic carbocycles. The van der Waals surface area contributed by atoms with Crippen LogP contribution < -0.4 is 4.74 Å². The molecule has 0 amide bonds. The molecule has 0 spiro atoms. The maximum Gasteiger partial charge on any atom is 0.143 e. The molecule has 2 aliphatic rings. The Labute approximate surface area is 194 Å². The van der Waals surface area contributed by atoms with E-state index in [-0.39, 0.29) is 24.9 Å². The van der Waals surface area contributed by atoms with E-state index < -0.39 is 17.8 Å². The molecular weight excluding hydrogens is 426 g/mol. The Balaban J connectivity index is 1.53. The molecular formula is C26H34F2N2O3. The van der Waals surface area contributed by atoms with Crippen molar-refractivity contribution in [3.63, 3.8) is 0 Å². The highest BCUT2D eigenvalue weighted by Crippen LogP contribution is 2.43. The van der Waals surface area contributed by atoms with Crippen molar-refractivity contribution >= 4 is 0 Å². The Morgan fingerprint density at radius 2 is 1.91 bits per heavy atom. The highest BCUT2D eigenvalue weighted by Gasteiger charge is 2.43. The number of phenols is 1. The van der Waals surface area contributed by atoms with Crippen LogP contribution in [0.5, 0.6) is 11.5 Å². The fraction of sp³-hybridized carbons (Fsp3) is 0.538. The molecule has 7 heteroatoms. The van der Waals surface area contributed by atoms with E-state index in [0.717, 1.165) is 42.1 Å². The molecule has 1 fully saturated rings. The van der Waals surface area contributed by atoms with E-state index >= 15 is 0 Å². The molecule has 0 aromatic heterocycles. The number of aliphatic hydroxyl groups excluding tert-OH is 1. The molecule has 33 heavy (non-hydrogen) atoms. The molecule has 0 saturated carbocycles. The highest BCUT2D eigenvalue weighted by molar-refractivity contribution is 5.48. The topological polar surface area (TPSA) is 56.2 Å². The lowest BCUT2D eigenvalue weighted by atomic mass is 9.76. The van der Waals surface area contributed by atoms with E-state index in [4.69, 9.17) is 4.74 Å². The minimum absolute atomic E-state index is 0.0915. The van der Waals surface area contributed by atoms with E-state index in [2.05, 4.69) is 16.7 Å². The van der Waals surface area contributed by atoms with E-state index in [1.54, 1.807) is 12.1 Å². The SMILES string of the molecule is CC(F)(CO)CN1CCc2cc(O)ccc2[C@@]1(C)c1ccc(OCCN2CC(CF)C2)cc1. The number of phenolic OH excluding ortho intramolecular Hbond substituents is 1. The fourth-order valence-electron chi connectivity index (χ4n) is 5.06. The van der Waals surface area contributed by atoms with Crippen molar-refractivity contribution in [2.24, 2.45) is 5.92 Å². The summed E-state index contributed by atoms with van der Waals surface area (Å²) >= 11 is 0. The Bertz CT molecular complexity index is 947. The maximum atomic E-state index is 14.9. The molecule has 1 unspecified atom stereocenters. The van der Waals surface area contributed by atoms with Crippen LogP contribution in [0.15, 0.2) is 42.5 Å². The Kier molecular flexibility index (Phi) is 6.93. The van der Waals surface area contributed by atoms with Crippen molar-refractivity contribution in [3.8, 4) is 11.5 Å². The first kappa shape index (κ1) is 23.9. The van der Waals surface area contributed by atoms with Gasteiger partial charge in [-0.3, -0.25) is 14.2 Å². The van der Waals surface area contributed by atoms with Gasteiger partial charge in [0, 0.05) is 38.6 Å². The van der Waals surface area contributed by atoms with E-state index in [9.17, 15) is 19.0 Å². The van der Waals surface area contributed by atoms with Crippen LogP contribution in [0.2, 0.25) is 0 Å². The van der Waals surface area contributed by atoms with Gasteiger partial charge in [0.2, 0.25) is 0 Å². The van der Waals surface area contributed by atoms with Gasteiger partial charge in [0.15, 0.2) is 0 Å². The average molecular weight is 461 g/mol. The van der Waals surface area contributed by atoms with Gasteiger partial charge in [0.1, 0.15) is 23.8 Å². The second-order valence-electron chi connectivity index (χ2n) is 9.81. The van der Waals surface area contributed by atoms with Gasteiger partial charge in [0.05, 0.1) is 18.8 Å². The average Bonchev–Trinajstić information content (AvgIpc) is 2.77. The monoisotopic (exact) mass is 460 g/mol. The summed E-state index contributed by atoms with van der Waals surface area (Å²) in [5.74, 6) is 1.15. The third-order valence-corrected chi connectivity index (χ3v) is 7.09. The van der Waals surface area contributed by atoms with Crippen LogP contribution in [0.25, 0.3) is 0 Å². The number of likely N-dealkylation sites (tertiary alicyclic amines) is 1. The zero-order chi connectivity index (χ0) is 23.6. The molecule has 4 rings (SSSR count). The number of rotatable bonds is 9. The Hall–Kier alpha value is -2.22. The quantitative estimate of drug-likeness (QED) is 0.600. The van der Waals surface area contributed by atoms with Crippen LogP contribution in [-0.2, 0) is 12.0 Å². The number of nitrogens with zero attached hydrogens (tertiary/aromatic N) is 2. The van der Waals surface area contributed by atoms with Crippen LogP contribution in [0.3, 0.4) is 0 Å². The van der Waals surface area contributed by atoms with Crippen molar-refractivity contribution in [2.45, 2.75) is 31.5 Å². The first-order valence-electron chi connectivity index (χ1n) is 11.6. The maximum absolute atomic E-state index is 14.9. The standard InChI is InChI=1S/C26H34F2N2O3/c1-25(28,18-31)17-30-10-9-20-13-22(32)5-8-24(20)26(30,2)21-3-6-23(7-4-21)33-12-11-29-15-19(14-27)16-29/h3-8,13,19,31-32H,9-12,14-18H2,1-2H3/t25?,26-/m1/s1. The van der Waals surface area contributed by atoms with Crippen molar-refractivity contribution in [1.29, 1.82) is 0 Å². The minimum Gasteiger partial charge on any atom is -0.508 e. The molecule has 2 atom stereocenters. The molecule has 2 aromatic rings. The predicted octanol–water partition coefficient (Wildman–Crippen LogP) is 3.51. The van der Waals surface area contributed by atoms with E-state index in [1.807, 2.05) is 30.3 Å². The van der Waals surface area contributed by atoms with Crippen molar-refractivity contribution in [3.05, 3.63) is 59.2 Å². The van der Waals surface area contributed by atoms with Crippen LogP contribution in [0.1, 0.15) is 30.5 Å². The summed E-state index contributed by atoms with van der Waals surface area (Å²) in [4.78, 5) is 4.25. The smallest absolute Gasteiger partial charge is 0.143 e. The summed E-state index contributed by atoms with van der Waals surface area (Å²) in [7, 11) is 0. The molecule has 2 N–H and O–H groups in total. The number of aromatic hydroxyl groups is 1.